The average Bonchev–Trinajstić information content (AvgIpc) is 2.79. The van der Waals surface area contributed by atoms with Gasteiger partial charge in [-0.15, -0.1) is 0 Å². The molecule has 0 unspecified atom stereocenters. The molecule has 0 aliphatic carbocycles. The van der Waals surface area contributed by atoms with Crippen LogP contribution in [0.2, 0.25) is 0 Å². The smallest absolute Gasteiger partial charge is 0.355 e. The van der Waals surface area contributed by atoms with Gasteiger partial charge in [0.1, 0.15) is 17.2 Å². The lowest BCUT2D eigenvalue weighted by atomic mass is 10.1. The molecule has 3 aromatic rings. The summed E-state index contributed by atoms with van der Waals surface area (Å²) >= 11 is 0. The van der Waals surface area contributed by atoms with E-state index in [1.165, 1.54) is 22.6 Å². The molecule has 0 aliphatic heterocycles. The van der Waals surface area contributed by atoms with E-state index in [2.05, 4.69) is 4.98 Å². The Kier molecular flexibility index (Phi) is 2.75. The van der Waals surface area contributed by atoms with Crippen LogP contribution in [0.3, 0.4) is 0 Å². The third-order valence-corrected chi connectivity index (χ3v) is 3.15. The molecular weight excluding hydrogens is 259 g/mol. The molecule has 3 rings (SSSR count). The fourth-order valence-corrected chi connectivity index (χ4v) is 2.25. The van der Waals surface area contributed by atoms with Gasteiger partial charge in [-0.2, -0.15) is 0 Å². The van der Waals surface area contributed by atoms with Crippen molar-refractivity contribution >= 4 is 11.6 Å². The Morgan fingerprint density at radius 3 is 2.80 bits per heavy atom. The van der Waals surface area contributed by atoms with Crippen molar-refractivity contribution in [1.82, 2.24) is 9.38 Å². The summed E-state index contributed by atoms with van der Waals surface area (Å²) in [5.41, 5.74) is 2.17. The number of carboxylic acid groups (broad SMARTS) is 1. The van der Waals surface area contributed by atoms with E-state index in [1.807, 2.05) is 13.0 Å². The molecule has 0 fully saturated rings. The Bertz CT molecular complexity index is 824. The lowest BCUT2D eigenvalue weighted by Crippen LogP contribution is -2.03. The summed E-state index contributed by atoms with van der Waals surface area (Å²) in [6.45, 7) is 1.85. The first kappa shape index (κ1) is 12.3. The first-order chi connectivity index (χ1) is 9.58. The maximum absolute atomic E-state index is 13.3. The number of carboxylic acids is 1. The third kappa shape index (κ3) is 1.84. The van der Waals surface area contributed by atoms with E-state index in [0.717, 1.165) is 5.56 Å². The van der Waals surface area contributed by atoms with E-state index in [4.69, 9.17) is 0 Å². The van der Waals surface area contributed by atoms with Gasteiger partial charge in [0, 0.05) is 11.8 Å². The lowest BCUT2D eigenvalue weighted by Gasteiger charge is -2.01. The van der Waals surface area contributed by atoms with E-state index < -0.39 is 11.8 Å². The zero-order valence-corrected chi connectivity index (χ0v) is 10.7. The number of hydrogen-bond acceptors (Lipinski definition) is 2. The zero-order chi connectivity index (χ0) is 14.3. The van der Waals surface area contributed by atoms with E-state index in [1.54, 1.807) is 18.3 Å². The lowest BCUT2D eigenvalue weighted by molar-refractivity contribution is 0.0690. The van der Waals surface area contributed by atoms with Crippen LogP contribution < -0.4 is 0 Å². The number of aromatic carboxylic acids is 1. The second-order valence-electron chi connectivity index (χ2n) is 4.51. The Morgan fingerprint density at radius 2 is 2.10 bits per heavy atom. The van der Waals surface area contributed by atoms with Crippen molar-refractivity contribution in [2.75, 3.05) is 0 Å². The van der Waals surface area contributed by atoms with Crippen LogP contribution in [-0.4, -0.2) is 20.5 Å². The van der Waals surface area contributed by atoms with Gasteiger partial charge < -0.3 is 5.11 Å². The van der Waals surface area contributed by atoms with E-state index in [0.29, 0.717) is 11.2 Å². The predicted octanol–water partition coefficient (Wildman–Crippen LogP) is 3.15. The molecule has 20 heavy (non-hydrogen) atoms. The molecule has 2 heterocycles. The van der Waals surface area contributed by atoms with Crippen molar-refractivity contribution < 1.29 is 14.3 Å². The number of aryl methyl sites for hydroxylation is 1. The number of benzene rings is 1. The summed E-state index contributed by atoms with van der Waals surface area (Å²) in [6.07, 6.45) is 1.64. The Balaban J connectivity index is 2.38. The summed E-state index contributed by atoms with van der Waals surface area (Å²) in [5, 5.41) is 9.42. The van der Waals surface area contributed by atoms with Crippen LogP contribution in [0.25, 0.3) is 16.9 Å². The maximum atomic E-state index is 13.3. The molecule has 0 amide bonds. The molecule has 100 valence electrons. The molecule has 0 saturated heterocycles. The van der Waals surface area contributed by atoms with Crippen LogP contribution in [0.5, 0.6) is 0 Å². The van der Waals surface area contributed by atoms with Crippen LogP contribution >= 0.6 is 0 Å². The summed E-state index contributed by atoms with van der Waals surface area (Å²) < 4.78 is 14.9. The molecule has 1 aromatic carbocycles. The largest absolute Gasteiger partial charge is 0.476 e. The molecular formula is C15H11FN2O2. The minimum absolute atomic E-state index is 0.0364. The third-order valence-electron chi connectivity index (χ3n) is 3.15. The Labute approximate surface area is 114 Å². The first-order valence-electron chi connectivity index (χ1n) is 6.05. The van der Waals surface area contributed by atoms with E-state index >= 15 is 0 Å². The van der Waals surface area contributed by atoms with Crippen LogP contribution in [0.1, 0.15) is 16.1 Å². The number of halogens is 1. The standard InChI is InChI=1S/C15H11FN2O2/c1-9-4-3-7-18-13(15(19)20)12(17-14(9)18)10-5-2-6-11(16)8-10/h2-8H,1H3,(H,19,20). The van der Waals surface area contributed by atoms with Gasteiger partial charge in [0.05, 0.1) is 0 Å². The van der Waals surface area contributed by atoms with Crippen LogP contribution in [0.15, 0.2) is 42.6 Å². The highest BCUT2D eigenvalue weighted by atomic mass is 19.1. The van der Waals surface area contributed by atoms with Gasteiger partial charge in [-0.1, -0.05) is 18.2 Å². The monoisotopic (exact) mass is 270 g/mol. The van der Waals surface area contributed by atoms with Crippen LogP contribution in [0.4, 0.5) is 4.39 Å². The normalized spacial score (nSPS) is 10.9. The highest BCUT2D eigenvalue weighted by Gasteiger charge is 2.20. The fourth-order valence-electron chi connectivity index (χ4n) is 2.25. The number of aromatic nitrogens is 2. The second kappa shape index (κ2) is 4.45. The second-order valence-corrected chi connectivity index (χ2v) is 4.51. The number of hydrogen-bond donors (Lipinski definition) is 1. The zero-order valence-electron chi connectivity index (χ0n) is 10.7. The van der Waals surface area contributed by atoms with Gasteiger partial charge in [0.2, 0.25) is 0 Å². The fraction of sp³-hybridized carbons (Fsp3) is 0.0667. The summed E-state index contributed by atoms with van der Waals surface area (Å²) in [7, 11) is 0. The number of nitrogens with zero attached hydrogens (tertiary/aromatic N) is 2. The quantitative estimate of drug-likeness (QED) is 0.778. The van der Waals surface area contributed by atoms with Crippen LogP contribution in [0, 0.1) is 12.7 Å². The van der Waals surface area contributed by atoms with E-state index in [-0.39, 0.29) is 11.4 Å². The number of fused-ring (bicyclic) bond motifs is 1. The van der Waals surface area contributed by atoms with Crippen molar-refractivity contribution in [3.8, 4) is 11.3 Å². The molecule has 0 spiro atoms. The van der Waals surface area contributed by atoms with Crippen molar-refractivity contribution in [3.63, 3.8) is 0 Å². The van der Waals surface area contributed by atoms with Gasteiger partial charge in [-0.25, -0.2) is 14.2 Å². The molecule has 0 aliphatic rings. The van der Waals surface area contributed by atoms with Crippen molar-refractivity contribution in [2.45, 2.75) is 6.92 Å². The Morgan fingerprint density at radius 1 is 1.30 bits per heavy atom. The van der Waals surface area contributed by atoms with Crippen molar-refractivity contribution in [2.24, 2.45) is 0 Å². The summed E-state index contributed by atoms with van der Waals surface area (Å²) in [6, 6.07) is 9.38. The highest BCUT2D eigenvalue weighted by molar-refractivity contribution is 5.95. The number of pyridine rings is 1. The molecule has 2 aromatic heterocycles. The van der Waals surface area contributed by atoms with Gasteiger partial charge >= 0.3 is 5.97 Å². The molecule has 0 radical (unpaired) electrons. The summed E-state index contributed by atoms with van der Waals surface area (Å²) in [4.78, 5) is 15.9. The molecule has 0 atom stereocenters. The predicted molar refractivity (Wildman–Crippen MR) is 72.3 cm³/mol. The van der Waals surface area contributed by atoms with Gasteiger partial charge in [-0.05, 0) is 30.7 Å². The number of imidazole rings is 1. The van der Waals surface area contributed by atoms with Gasteiger partial charge in [0.25, 0.3) is 0 Å². The first-order valence-corrected chi connectivity index (χ1v) is 6.05. The number of rotatable bonds is 2. The molecule has 1 N–H and O–H groups in total. The minimum Gasteiger partial charge on any atom is -0.476 e. The van der Waals surface area contributed by atoms with E-state index in [9.17, 15) is 14.3 Å². The van der Waals surface area contributed by atoms with Gasteiger partial charge in [-0.3, -0.25) is 4.40 Å². The summed E-state index contributed by atoms with van der Waals surface area (Å²) in [5.74, 6) is -1.52. The highest BCUT2D eigenvalue weighted by Crippen LogP contribution is 2.26. The maximum Gasteiger partial charge on any atom is 0.355 e. The molecule has 5 heteroatoms. The SMILES string of the molecule is Cc1cccn2c(C(=O)O)c(-c3cccc(F)c3)nc12. The minimum atomic E-state index is -1.10. The van der Waals surface area contributed by atoms with Crippen molar-refractivity contribution in [1.29, 1.82) is 0 Å². The molecule has 0 bridgehead atoms. The van der Waals surface area contributed by atoms with Gasteiger partial charge in [0.15, 0.2) is 5.69 Å². The molecule has 0 saturated carbocycles. The van der Waals surface area contributed by atoms with Crippen LogP contribution in [-0.2, 0) is 0 Å². The topological polar surface area (TPSA) is 54.6 Å². The molecule has 4 nitrogen and oxygen atoms in total. The Hall–Kier alpha value is -2.69. The number of carbonyl (C=O) groups is 1. The average molecular weight is 270 g/mol. The van der Waals surface area contributed by atoms with Crippen molar-refractivity contribution in [3.05, 3.63) is 59.7 Å².